The van der Waals surface area contributed by atoms with E-state index in [9.17, 15) is 9.90 Å². The molecule has 4 heteroatoms. The van der Waals surface area contributed by atoms with E-state index in [1.54, 1.807) is 23.1 Å². The Labute approximate surface area is 146 Å². The second-order valence-corrected chi connectivity index (χ2v) is 5.62. The maximum Gasteiger partial charge on any atom is 0.224 e. The Bertz CT molecular complexity index is 862. The van der Waals surface area contributed by atoms with Gasteiger partial charge in [-0.05, 0) is 30.3 Å². The van der Waals surface area contributed by atoms with Gasteiger partial charge in [-0.1, -0.05) is 48.5 Å². The summed E-state index contributed by atoms with van der Waals surface area (Å²) in [6, 6.07) is 23.8. The van der Waals surface area contributed by atoms with Crippen molar-refractivity contribution in [3.8, 4) is 17.2 Å². The van der Waals surface area contributed by atoms with E-state index in [4.69, 9.17) is 4.74 Å². The number of ether oxygens (including phenoxy) is 1. The second kappa shape index (κ2) is 7.53. The van der Waals surface area contributed by atoms with Crippen molar-refractivity contribution in [3.05, 3.63) is 84.4 Å². The largest absolute Gasteiger partial charge is 0.508 e. The van der Waals surface area contributed by atoms with E-state index in [1.807, 2.05) is 60.7 Å². The maximum atomic E-state index is 12.3. The van der Waals surface area contributed by atoms with Crippen LogP contribution >= 0.6 is 0 Å². The van der Waals surface area contributed by atoms with Crippen LogP contribution < -0.4 is 9.64 Å². The summed E-state index contributed by atoms with van der Waals surface area (Å²) in [6.45, 7) is 1.76. The Hall–Kier alpha value is -3.27. The van der Waals surface area contributed by atoms with Crippen molar-refractivity contribution in [3.63, 3.8) is 0 Å². The van der Waals surface area contributed by atoms with Gasteiger partial charge in [-0.25, -0.2) is 0 Å². The van der Waals surface area contributed by atoms with Crippen LogP contribution in [-0.2, 0) is 11.3 Å². The van der Waals surface area contributed by atoms with Crippen molar-refractivity contribution in [1.29, 1.82) is 0 Å². The quantitative estimate of drug-likeness (QED) is 0.734. The fourth-order valence-electron chi connectivity index (χ4n) is 2.56. The molecule has 126 valence electrons. The molecule has 25 heavy (non-hydrogen) atoms. The minimum Gasteiger partial charge on any atom is -0.508 e. The summed E-state index contributed by atoms with van der Waals surface area (Å²) in [5.41, 5.74) is 1.33. The van der Waals surface area contributed by atoms with Crippen molar-refractivity contribution in [2.24, 2.45) is 0 Å². The third-order valence-electron chi connectivity index (χ3n) is 3.83. The SMILES string of the molecule is CC(=O)N(Cc1ccccc1O)c1ccccc1Oc1ccccc1. The van der Waals surface area contributed by atoms with Crippen molar-refractivity contribution < 1.29 is 14.6 Å². The molecule has 0 aliphatic heterocycles. The van der Waals surface area contributed by atoms with Gasteiger partial charge in [0.25, 0.3) is 0 Å². The highest BCUT2D eigenvalue weighted by atomic mass is 16.5. The number of hydrogen-bond acceptors (Lipinski definition) is 3. The summed E-state index contributed by atoms with van der Waals surface area (Å²) in [7, 11) is 0. The molecule has 4 nitrogen and oxygen atoms in total. The number of nitrogens with zero attached hydrogens (tertiary/aromatic N) is 1. The van der Waals surface area contributed by atoms with Gasteiger partial charge in [0.15, 0.2) is 5.75 Å². The molecule has 3 rings (SSSR count). The summed E-state index contributed by atoms with van der Waals surface area (Å²) < 4.78 is 5.95. The molecule has 3 aromatic rings. The number of benzene rings is 3. The lowest BCUT2D eigenvalue weighted by Crippen LogP contribution is -2.28. The van der Waals surface area contributed by atoms with E-state index in [0.717, 1.165) is 0 Å². The Morgan fingerprint density at radius 3 is 2.28 bits per heavy atom. The molecule has 0 saturated carbocycles. The van der Waals surface area contributed by atoms with Crippen LogP contribution in [-0.4, -0.2) is 11.0 Å². The minimum atomic E-state index is -0.132. The zero-order valence-electron chi connectivity index (χ0n) is 13.9. The van der Waals surface area contributed by atoms with E-state index in [-0.39, 0.29) is 18.2 Å². The first-order valence-electron chi connectivity index (χ1n) is 8.02. The Morgan fingerprint density at radius 1 is 0.920 bits per heavy atom. The van der Waals surface area contributed by atoms with Gasteiger partial charge < -0.3 is 14.7 Å². The van der Waals surface area contributed by atoms with E-state index >= 15 is 0 Å². The van der Waals surface area contributed by atoms with Gasteiger partial charge >= 0.3 is 0 Å². The lowest BCUT2D eigenvalue weighted by atomic mass is 10.1. The summed E-state index contributed by atoms with van der Waals surface area (Å²) in [5, 5.41) is 10.0. The number of rotatable bonds is 5. The standard InChI is InChI=1S/C21H19NO3/c1-16(23)22(15-17-9-5-7-13-20(17)24)19-12-6-8-14-21(19)25-18-10-3-2-4-11-18/h2-14,24H,15H2,1H3. The first-order chi connectivity index (χ1) is 12.1. The number of carbonyl (C=O) groups excluding carboxylic acids is 1. The van der Waals surface area contributed by atoms with E-state index in [2.05, 4.69) is 0 Å². The minimum absolute atomic E-state index is 0.132. The summed E-state index contributed by atoms with van der Waals surface area (Å²) in [6.07, 6.45) is 0. The summed E-state index contributed by atoms with van der Waals surface area (Å²) in [4.78, 5) is 13.8. The van der Waals surface area contributed by atoms with E-state index < -0.39 is 0 Å². The second-order valence-electron chi connectivity index (χ2n) is 5.62. The molecule has 0 bridgehead atoms. The van der Waals surface area contributed by atoms with Gasteiger partial charge in [0.1, 0.15) is 11.5 Å². The Kier molecular flexibility index (Phi) is 5.00. The third-order valence-corrected chi connectivity index (χ3v) is 3.83. The zero-order valence-corrected chi connectivity index (χ0v) is 13.9. The molecule has 0 radical (unpaired) electrons. The van der Waals surface area contributed by atoms with Gasteiger partial charge in [-0.3, -0.25) is 4.79 Å². The molecule has 0 aliphatic rings. The number of carbonyl (C=O) groups is 1. The predicted molar refractivity (Wildman–Crippen MR) is 97.9 cm³/mol. The molecular weight excluding hydrogens is 314 g/mol. The van der Waals surface area contributed by atoms with Crippen LogP contribution in [0.2, 0.25) is 0 Å². The normalized spacial score (nSPS) is 10.3. The molecule has 3 aromatic carbocycles. The lowest BCUT2D eigenvalue weighted by Gasteiger charge is -2.24. The average Bonchev–Trinajstić information content (AvgIpc) is 2.62. The summed E-state index contributed by atoms with van der Waals surface area (Å²) in [5.74, 6) is 1.31. The number of amides is 1. The summed E-state index contributed by atoms with van der Waals surface area (Å²) >= 11 is 0. The molecule has 0 unspecified atom stereocenters. The third kappa shape index (κ3) is 3.98. The van der Waals surface area contributed by atoms with Crippen LogP contribution in [0.5, 0.6) is 17.2 Å². The molecule has 0 saturated heterocycles. The van der Waals surface area contributed by atoms with Crippen LogP contribution in [0, 0.1) is 0 Å². The van der Waals surface area contributed by atoms with Crippen LogP contribution in [0.15, 0.2) is 78.9 Å². The maximum absolute atomic E-state index is 12.3. The van der Waals surface area contributed by atoms with Crippen molar-refractivity contribution in [2.45, 2.75) is 13.5 Å². The highest BCUT2D eigenvalue weighted by Gasteiger charge is 2.18. The predicted octanol–water partition coefficient (Wildman–Crippen LogP) is 4.74. The Morgan fingerprint density at radius 2 is 1.56 bits per heavy atom. The first kappa shape index (κ1) is 16.6. The first-order valence-corrected chi connectivity index (χ1v) is 8.02. The molecular formula is C21H19NO3. The van der Waals surface area contributed by atoms with Crippen molar-refractivity contribution >= 4 is 11.6 Å². The van der Waals surface area contributed by atoms with E-state index in [0.29, 0.717) is 22.7 Å². The smallest absolute Gasteiger partial charge is 0.224 e. The van der Waals surface area contributed by atoms with Gasteiger partial charge in [0, 0.05) is 12.5 Å². The fraction of sp³-hybridized carbons (Fsp3) is 0.0952. The molecule has 0 spiro atoms. The van der Waals surface area contributed by atoms with Crippen LogP contribution in [0.25, 0.3) is 0 Å². The fourth-order valence-corrected chi connectivity index (χ4v) is 2.56. The number of aromatic hydroxyl groups is 1. The number of para-hydroxylation sites is 4. The van der Waals surface area contributed by atoms with Crippen LogP contribution in [0.3, 0.4) is 0 Å². The average molecular weight is 333 g/mol. The van der Waals surface area contributed by atoms with Gasteiger partial charge in [0.2, 0.25) is 5.91 Å². The molecule has 0 aliphatic carbocycles. The van der Waals surface area contributed by atoms with Crippen LogP contribution in [0.1, 0.15) is 12.5 Å². The Balaban J connectivity index is 1.94. The number of hydrogen-bond donors (Lipinski definition) is 1. The van der Waals surface area contributed by atoms with Gasteiger partial charge in [-0.2, -0.15) is 0 Å². The highest BCUT2D eigenvalue weighted by molar-refractivity contribution is 5.93. The van der Waals surface area contributed by atoms with E-state index in [1.165, 1.54) is 6.92 Å². The molecule has 0 fully saturated rings. The molecule has 0 aromatic heterocycles. The number of phenols is 1. The van der Waals surface area contributed by atoms with Gasteiger partial charge in [-0.15, -0.1) is 0 Å². The van der Waals surface area contributed by atoms with Crippen molar-refractivity contribution in [1.82, 2.24) is 0 Å². The molecule has 0 heterocycles. The monoisotopic (exact) mass is 333 g/mol. The highest BCUT2D eigenvalue weighted by Crippen LogP contribution is 2.34. The van der Waals surface area contributed by atoms with Crippen molar-refractivity contribution in [2.75, 3.05) is 4.90 Å². The zero-order chi connectivity index (χ0) is 17.6. The van der Waals surface area contributed by atoms with Crippen LogP contribution in [0.4, 0.5) is 5.69 Å². The number of anilines is 1. The molecule has 1 amide bonds. The molecule has 0 atom stereocenters. The molecule has 1 N–H and O–H groups in total. The van der Waals surface area contributed by atoms with Gasteiger partial charge in [0.05, 0.1) is 12.2 Å². The number of phenolic OH excluding ortho intramolecular Hbond substituents is 1. The topological polar surface area (TPSA) is 49.8 Å². The lowest BCUT2D eigenvalue weighted by molar-refractivity contribution is -0.116.